The molecule has 1 amide bonds. The van der Waals surface area contributed by atoms with E-state index in [1.54, 1.807) is 0 Å². The zero-order chi connectivity index (χ0) is 19.5. The third-order valence-electron chi connectivity index (χ3n) is 5.94. The summed E-state index contributed by atoms with van der Waals surface area (Å²) in [5, 5.41) is 0. The average Bonchev–Trinajstić information content (AvgIpc) is 3.29. The Hall–Kier alpha value is -2.62. The molecule has 3 aromatic rings. The van der Waals surface area contributed by atoms with Gasteiger partial charge in [0.2, 0.25) is 5.91 Å². The standard InChI is InChI=1S/C24H29N3O/c1-3-4-10-15-26-22-14-9-8-13-21(22)25-24(26)20-16-23(28)27(17-20)18(2)19-11-6-5-7-12-19/h5-9,11-14,18,20H,3-4,10,15-17H2,1-2H3. The maximum Gasteiger partial charge on any atom is 0.223 e. The molecule has 1 aliphatic heterocycles. The van der Waals surface area contributed by atoms with Crippen LogP contribution in [0.15, 0.2) is 54.6 Å². The predicted molar refractivity (Wildman–Crippen MR) is 113 cm³/mol. The lowest BCUT2D eigenvalue weighted by Gasteiger charge is -2.25. The first-order chi connectivity index (χ1) is 13.7. The molecule has 0 aliphatic carbocycles. The second kappa shape index (κ2) is 8.17. The summed E-state index contributed by atoms with van der Waals surface area (Å²) in [5.74, 6) is 1.47. The SMILES string of the molecule is CCCCCn1c(C2CC(=O)N(C(C)c3ccccc3)C2)nc2ccccc21. The first-order valence-corrected chi connectivity index (χ1v) is 10.5. The van der Waals surface area contributed by atoms with E-state index in [1.165, 1.54) is 23.9 Å². The van der Waals surface area contributed by atoms with Crippen molar-refractivity contribution in [2.45, 2.75) is 58.0 Å². The zero-order valence-electron chi connectivity index (χ0n) is 16.8. The fourth-order valence-corrected chi connectivity index (χ4v) is 4.35. The summed E-state index contributed by atoms with van der Waals surface area (Å²) in [7, 11) is 0. The molecule has 28 heavy (non-hydrogen) atoms. The molecule has 0 spiro atoms. The number of rotatable bonds is 7. The Bertz CT molecular complexity index is 947. The summed E-state index contributed by atoms with van der Waals surface area (Å²) in [5.41, 5.74) is 3.42. The van der Waals surface area contributed by atoms with Gasteiger partial charge < -0.3 is 9.47 Å². The Kier molecular flexibility index (Phi) is 5.47. The van der Waals surface area contributed by atoms with Crippen LogP contribution in [0.3, 0.4) is 0 Å². The quantitative estimate of drug-likeness (QED) is 0.525. The van der Waals surface area contributed by atoms with Crippen molar-refractivity contribution in [1.82, 2.24) is 14.5 Å². The van der Waals surface area contributed by atoms with E-state index in [0.29, 0.717) is 6.42 Å². The molecule has 0 radical (unpaired) electrons. The normalized spacial score (nSPS) is 18.1. The molecular weight excluding hydrogens is 346 g/mol. The van der Waals surface area contributed by atoms with Crippen molar-refractivity contribution < 1.29 is 4.79 Å². The number of nitrogens with zero attached hydrogens (tertiary/aromatic N) is 3. The largest absolute Gasteiger partial charge is 0.335 e. The van der Waals surface area contributed by atoms with Gasteiger partial charge in [0.05, 0.1) is 17.1 Å². The summed E-state index contributed by atoms with van der Waals surface area (Å²) in [4.78, 5) is 19.8. The Labute approximate surface area is 167 Å². The number of carbonyl (C=O) groups is 1. The van der Waals surface area contributed by atoms with Crippen molar-refractivity contribution in [1.29, 1.82) is 0 Å². The van der Waals surface area contributed by atoms with E-state index in [1.807, 2.05) is 29.2 Å². The minimum Gasteiger partial charge on any atom is -0.335 e. The van der Waals surface area contributed by atoms with E-state index >= 15 is 0 Å². The van der Waals surface area contributed by atoms with E-state index < -0.39 is 0 Å². The van der Waals surface area contributed by atoms with Crippen molar-refractivity contribution in [2.24, 2.45) is 0 Å². The van der Waals surface area contributed by atoms with Crippen LogP contribution in [0.5, 0.6) is 0 Å². The number of unbranched alkanes of at least 4 members (excludes halogenated alkanes) is 2. The van der Waals surface area contributed by atoms with Crippen LogP contribution in [0.2, 0.25) is 0 Å². The lowest BCUT2D eigenvalue weighted by molar-refractivity contribution is -0.129. The molecule has 2 heterocycles. The Morgan fingerprint density at radius 1 is 1.07 bits per heavy atom. The lowest BCUT2D eigenvalue weighted by atomic mass is 10.1. The highest BCUT2D eigenvalue weighted by Gasteiger charge is 2.36. The number of aryl methyl sites for hydroxylation is 1. The van der Waals surface area contributed by atoms with Gasteiger partial charge in [0.25, 0.3) is 0 Å². The number of imidazole rings is 1. The summed E-state index contributed by atoms with van der Waals surface area (Å²) < 4.78 is 2.36. The minimum absolute atomic E-state index is 0.0941. The number of hydrogen-bond donors (Lipinski definition) is 0. The number of likely N-dealkylation sites (tertiary alicyclic amines) is 1. The molecule has 1 fully saturated rings. The third-order valence-corrected chi connectivity index (χ3v) is 5.94. The first-order valence-electron chi connectivity index (χ1n) is 10.5. The summed E-state index contributed by atoms with van der Waals surface area (Å²) in [6.45, 7) is 6.07. The van der Waals surface area contributed by atoms with E-state index in [0.717, 1.165) is 30.9 Å². The average molecular weight is 376 g/mol. The number of para-hydroxylation sites is 2. The van der Waals surface area contributed by atoms with Gasteiger partial charge in [-0.3, -0.25) is 4.79 Å². The molecule has 4 nitrogen and oxygen atoms in total. The van der Waals surface area contributed by atoms with Crippen LogP contribution < -0.4 is 0 Å². The van der Waals surface area contributed by atoms with Crippen LogP contribution >= 0.6 is 0 Å². The maximum absolute atomic E-state index is 12.8. The molecular formula is C24H29N3O. The molecule has 1 saturated heterocycles. The van der Waals surface area contributed by atoms with Gasteiger partial charge in [-0.25, -0.2) is 4.98 Å². The third kappa shape index (κ3) is 3.56. The number of amides is 1. The van der Waals surface area contributed by atoms with Gasteiger partial charge in [0.15, 0.2) is 0 Å². The van der Waals surface area contributed by atoms with Crippen molar-refractivity contribution in [3.8, 4) is 0 Å². The summed E-state index contributed by atoms with van der Waals surface area (Å²) in [6, 6.07) is 18.7. The fourth-order valence-electron chi connectivity index (χ4n) is 4.35. The highest BCUT2D eigenvalue weighted by molar-refractivity contribution is 5.81. The van der Waals surface area contributed by atoms with Gasteiger partial charge in [-0.1, -0.05) is 62.2 Å². The van der Waals surface area contributed by atoms with Crippen molar-refractivity contribution in [3.63, 3.8) is 0 Å². The van der Waals surface area contributed by atoms with Gasteiger partial charge in [0, 0.05) is 25.4 Å². The van der Waals surface area contributed by atoms with Crippen LogP contribution in [-0.2, 0) is 11.3 Å². The van der Waals surface area contributed by atoms with Crippen LogP contribution in [0.1, 0.15) is 62.9 Å². The molecule has 1 aliphatic rings. The van der Waals surface area contributed by atoms with E-state index in [4.69, 9.17) is 4.98 Å². The van der Waals surface area contributed by atoms with Crippen LogP contribution in [-0.4, -0.2) is 26.9 Å². The molecule has 4 rings (SSSR count). The molecule has 146 valence electrons. The van der Waals surface area contributed by atoms with E-state index in [2.05, 4.69) is 48.7 Å². The molecule has 4 heteroatoms. The first kappa shape index (κ1) is 18.7. The van der Waals surface area contributed by atoms with E-state index in [-0.39, 0.29) is 17.9 Å². The monoisotopic (exact) mass is 375 g/mol. The molecule has 0 N–H and O–H groups in total. The second-order valence-corrected chi connectivity index (χ2v) is 7.85. The predicted octanol–water partition coefficient (Wildman–Crippen LogP) is 5.30. The lowest BCUT2D eigenvalue weighted by Crippen LogP contribution is -2.28. The second-order valence-electron chi connectivity index (χ2n) is 7.85. The minimum atomic E-state index is 0.0941. The van der Waals surface area contributed by atoms with Crippen LogP contribution in [0.25, 0.3) is 11.0 Å². The molecule has 2 unspecified atom stereocenters. The molecule has 0 saturated carbocycles. The van der Waals surface area contributed by atoms with Crippen molar-refractivity contribution in [3.05, 3.63) is 66.0 Å². The van der Waals surface area contributed by atoms with Gasteiger partial charge in [-0.15, -0.1) is 0 Å². The van der Waals surface area contributed by atoms with Crippen molar-refractivity contribution >= 4 is 16.9 Å². The Balaban J connectivity index is 1.61. The molecule has 2 atom stereocenters. The molecule has 0 bridgehead atoms. The van der Waals surface area contributed by atoms with Gasteiger partial charge in [0.1, 0.15) is 5.82 Å². The topological polar surface area (TPSA) is 38.1 Å². The van der Waals surface area contributed by atoms with Gasteiger partial charge >= 0.3 is 0 Å². The summed E-state index contributed by atoms with van der Waals surface area (Å²) >= 11 is 0. The zero-order valence-corrected chi connectivity index (χ0v) is 16.8. The Morgan fingerprint density at radius 2 is 1.82 bits per heavy atom. The molecule has 1 aromatic heterocycles. The fraction of sp³-hybridized carbons (Fsp3) is 0.417. The van der Waals surface area contributed by atoms with Crippen LogP contribution in [0, 0.1) is 0 Å². The van der Waals surface area contributed by atoms with Gasteiger partial charge in [-0.05, 0) is 31.0 Å². The highest BCUT2D eigenvalue weighted by Crippen LogP contribution is 2.35. The summed E-state index contributed by atoms with van der Waals surface area (Å²) in [6.07, 6.45) is 4.11. The Morgan fingerprint density at radius 3 is 2.61 bits per heavy atom. The number of aromatic nitrogens is 2. The highest BCUT2D eigenvalue weighted by atomic mass is 16.2. The van der Waals surface area contributed by atoms with Crippen molar-refractivity contribution in [2.75, 3.05) is 6.54 Å². The number of benzene rings is 2. The van der Waals surface area contributed by atoms with Crippen LogP contribution in [0.4, 0.5) is 0 Å². The maximum atomic E-state index is 12.8. The van der Waals surface area contributed by atoms with E-state index in [9.17, 15) is 4.79 Å². The number of carbonyl (C=O) groups excluding carboxylic acids is 1. The smallest absolute Gasteiger partial charge is 0.223 e. The number of fused-ring (bicyclic) bond motifs is 1. The number of hydrogen-bond acceptors (Lipinski definition) is 2. The van der Waals surface area contributed by atoms with Gasteiger partial charge in [-0.2, -0.15) is 0 Å². The molecule has 2 aromatic carbocycles.